The van der Waals surface area contributed by atoms with Crippen LogP contribution in [-0.4, -0.2) is 13.1 Å². The molecular weight excluding hydrogens is 296 g/mol. The molecule has 2 aromatic carbocycles. The molecule has 0 spiro atoms. The van der Waals surface area contributed by atoms with Crippen LogP contribution in [0.1, 0.15) is 11.7 Å². The lowest BCUT2D eigenvalue weighted by molar-refractivity contribution is -0.149. The molecule has 1 heterocycles. The van der Waals surface area contributed by atoms with Crippen LogP contribution in [0.4, 0.5) is 0 Å². The van der Waals surface area contributed by atoms with Crippen molar-refractivity contribution < 1.29 is 18.7 Å². The summed E-state index contributed by atoms with van der Waals surface area (Å²) in [7, 11) is 1.31. The lowest BCUT2D eigenvalue weighted by atomic mass is 10.1. The van der Waals surface area contributed by atoms with Crippen LogP contribution in [0.2, 0.25) is 0 Å². The van der Waals surface area contributed by atoms with Crippen molar-refractivity contribution in [3.8, 4) is 5.75 Å². The normalized spacial score (nSPS) is 11.9. The van der Waals surface area contributed by atoms with Gasteiger partial charge < -0.3 is 13.9 Å². The number of hydrogen-bond donors (Lipinski definition) is 0. The third-order valence-corrected chi connectivity index (χ3v) is 3.37. The SMILES string of the molecule is COC(=O)C(Oc1ccc2ccc(=O)oc2c1)c1ccccc1. The van der Waals surface area contributed by atoms with E-state index < -0.39 is 17.7 Å². The van der Waals surface area contributed by atoms with Crippen LogP contribution in [-0.2, 0) is 9.53 Å². The lowest BCUT2D eigenvalue weighted by Crippen LogP contribution is -2.20. The predicted molar refractivity (Wildman–Crippen MR) is 84.3 cm³/mol. The minimum atomic E-state index is -0.894. The number of benzene rings is 2. The first-order valence-electron chi connectivity index (χ1n) is 7.01. The third kappa shape index (κ3) is 3.23. The molecule has 0 radical (unpaired) electrons. The maximum Gasteiger partial charge on any atom is 0.351 e. The van der Waals surface area contributed by atoms with E-state index in [1.165, 1.54) is 13.2 Å². The highest BCUT2D eigenvalue weighted by atomic mass is 16.6. The molecule has 0 saturated heterocycles. The first-order chi connectivity index (χ1) is 11.2. The quantitative estimate of drug-likeness (QED) is 0.547. The molecule has 3 rings (SSSR count). The van der Waals surface area contributed by atoms with Crippen molar-refractivity contribution in [2.75, 3.05) is 7.11 Å². The summed E-state index contributed by atoms with van der Waals surface area (Å²) in [6.45, 7) is 0. The highest BCUT2D eigenvalue weighted by Gasteiger charge is 2.23. The average Bonchev–Trinajstić information content (AvgIpc) is 2.59. The Morgan fingerprint density at radius 1 is 1.04 bits per heavy atom. The molecule has 1 atom stereocenters. The second-order valence-corrected chi connectivity index (χ2v) is 4.89. The summed E-state index contributed by atoms with van der Waals surface area (Å²) in [4.78, 5) is 23.3. The highest BCUT2D eigenvalue weighted by Crippen LogP contribution is 2.26. The number of hydrogen-bond acceptors (Lipinski definition) is 5. The fourth-order valence-electron chi connectivity index (χ4n) is 2.24. The minimum absolute atomic E-state index is 0.395. The number of ether oxygens (including phenoxy) is 2. The molecule has 1 aromatic heterocycles. The molecule has 3 aromatic rings. The zero-order valence-corrected chi connectivity index (χ0v) is 12.4. The van der Waals surface area contributed by atoms with Gasteiger partial charge in [-0.3, -0.25) is 0 Å². The zero-order chi connectivity index (χ0) is 16.2. The van der Waals surface area contributed by atoms with Gasteiger partial charge in [0.1, 0.15) is 11.3 Å². The van der Waals surface area contributed by atoms with Crippen LogP contribution in [0.15, 0.2) is 69.9 Å². The van der Waals surface area contributed by atoms with Crippen LogP contribution in [0, 0.1) is 0 Å². The van der Waals surface area contributed by atoms with Crippen molar-refractivity contribution in [1.82, 2.24) is 0 Å². The Morgan fingerprint density at radius 2 is 1.78 bits per heavy atom. The van der Waals surface area contributed by atoms with Crippen molar-refractivity contribution in [2.45, 2.75) is 6.10 Å². The molecule has 0 aliphatic rings. The van der Waals surface area contributed by atoms with Crippen molar-refractivity contribution in [3.05, 3.63) is 76.6 Å². The molecule has 0 saturated carbocycles. The molecule has 0 aliphatic heterocycles. The maximum atomic E-state index is 12.0. The summed E-state index contributed by atoms with van der Waals surface area (Å²) < 4.78 is 15.7. The third-order valence-electron chi connectivity index (χ3n) is 3.37. The van der Waals surface area contributed by atoms with Gasteiger partial charge in [-0.2, -0.15) is 0 Å². The van der Waals surface area contributed by atoms with E-state index in [2.05, 4.69) is 0 Å². The van der Waals surface area contributed by atoms with Crippen molar-refractivity contribution in [1.29, 1.82) is 0 Å². The lowest BCUT2D eigenvalue weighted by Gasteiger charge is -2.17. The predicted octanol–water partition coefficient (Wildman–Crippen LogP) is 3.09. The van der Waals surface area contributed by atoms with Crippen molar-refractivity contribution in [3.63, 3.8) is 0 Å². The maximum absolute atomic E-state index is 12.0. The fraction of sp³-hybridized carbons (Fsp3) is 0.111. The van der Waals surface area contributed by atoms with Gasteiger partial charge in [0.05, 0.1) is 7.11 Å². The van der Waals surface area contributed by atoms with E-state index in [1.54, 1.807) is 36.4 Å². The Kier molecular flexibility index (Phi) is 4.10. The number of fused-ring (bicyclic) bond motifs is 1. The Hall–Kier alpha value is -3.08. The summed E-state index contributed by atoms with van der Waals surface area (Å²) in [5.41, 5.74) is 0.628. The fourth-order valence-corrected chi connectivity index (χ4v) is 2.24. The smallest absolute Gasteiger partial charge is 0.351 e. The number of carbonyl (C=O) groups is 1. The van der Waals surface area contributed by atoms with E-state index in [-0.39, 0.29) is 0 Å². The standard InChI is InChI=1S/C18H14O5/c1-21-18(20)17(13-5-3-2-4-6-13)22-14-9-7-12-8-10-16(19)23-15(12)11-14/h2-11,17H,1H3. The Bertz CT molecular complexity index is 883. The summed E-state index contributed by atoms with van der Waals surface area (Å²) in [6.07, 6.45) is -0.894. The van der Waals surface area contributed by atoms with Gasteiger partial charge in [-0.25, -0.2) is 9.59 Å². The van der Waals surface area contributed by atoms with E-state index in [1.807, 2.05) is 18.2 Å². The minimum Gasteiger partial charge on any atom is -0.474 e. The second-order valence-electron chi connectivity index (χ2n) is 4.89. The molecule has 23 heavy (non-hydrogen) atoms. The molecule has 0 bridgehead atoms. The average molecular weight is 310 g/mol. The Balaban J connectivity index is 1.96. The first kappa shape index (κ1) is 14.8. The zero-order valence-electron chi connectivity index (χ0n) is 12.4. The van der Waals surface area contributed by atoms with Crippen molar-refractivity contribution in [2.24, 2.45) is 0 Å². The van der Waals surface area contributed by atoms with Crippen molar-refractivity contribution >= 4 is 16.9 Å². The van der Waals surface area contributed by atoms with Gasteiger partial charge in [-0.15, -0.1) is 0 Å². The second kappa shape index (κ2) is 6.36. The molecule has 5 heteroatoms. The van der Waals surface area contributed by atoms with Crippen LogP contribution < -0.4 is 10.4 Å². The van der Waals surface area contributed by atoms with Gasteiger partial charge in [0.25, 0.3) is 0 Å². The van der Waals surface area contributed by atoms with E-state index in [9.17, 15) is 9.59 Å². The van der Waals surface area contributed by atoms with E-state index in [4.69, 9.17) is 13.9 Å². The van der Waals surface area contributed by atoms with E-state index in [0.29, 0.717) is 16.9 Å². The Labute approximate surface area is 132 Å². The van der Waals surface area contributed by atoms with Gasteiger partial charge in [0.2, 0.25) is 6.10 Å². The number of esters is 1. The van der Waals surface area contributed by atoms with E-state index >= 15 is 0 Å². The highest BCUT2D eigenvalue weighted by molar-refractivity contribution is 5.79. The van der Waals surface area contributed by atoms with Crippen LogP contribution in [0.3, 0.4) is 0 Å². The van der Waals surface area contributed by atoms with Crippen LogP contribution >= 0.6 is 0 Å². The molecule has 116 valence electrons. The summed E-state index contributed by atoms with van der Waals surface area (Å²) in [5.74, 6) is -0.100. The number of carbonyl (C=O) groups excluding carboxylic acids is 1. The van der Waals surface area contributed by atoms with Crippen LogP contribution in [0.5, 0.6) is 5.75 Å². The molecule has 1 unspecified atom stereocenters. The van der Waals surface area contributed by atoms with Gasteiger partial charge in [0.15, 0.2) is 0 Å². The molecule has 0 aliphatic carbocycles. The molecule has 0 N–H and O–H groups in total. The number of rotatable bonds is 4. The summed E-state index contributed by atoms with van der Waals surface area (Å²) in [5, 5.41) is 0.770. The molecule has 5 nitrogen and oxygen atoms in total. The topological polar surface area (TPSA) is 65.7 Å². The summed E-state index contributed by atoms with van der Waals surface area (Å²) >= 11 is 0. The van der Waals surface area contributed by atoms with E-state index in [0.717, 1.165) is 5.39 Å². The van der Waals surface area contributed by atoms with Gasteiger partial charge in [-0.05, 0) is 18.2 Å². The summed E-state index contributed by atoms with van der Waals surface area (Å²) in [6, 6.07) is 17.1. The van der Waals surface area contributed by atoms with Crippen LogP contribution in [0.25, 0.3) is 11.0 Å². The van der Waals surface area contributed by atoms with Gasteiger partial charge in [0, 0.05) is 23.1 Å². The molecule has 0 fully saturated rings. The largest absolute Gasteiger partial charge is 0.474 e. The molecular formula is C18H14O5. The monoisotopic (exact) mass is 310 g/mol. The Morgan fingerprint density at radius 3 is 2.52 bits per heavy atom. The molecule has 0 amide bonds. The first-order valence-corrected chi connectivity index (χ1v) is 7.01. The number of methoxy groups -OCH3 is 1. The van der Waals surface area contributed by atoms with Gasteiger partial charge in [-0.1, -0.05) is 30.3 Å². The van der Waals surface area contributed by atoms with Gasteiger partial charge >= 0.3 is 11.6 Å².